The highest BCUT2D eigenvalue weighted by Crippen LogP contribution is 2.25. The van der Waals surface area contributed by atoms with Gasteiger partial charge in [-0.25, -0.2) is 4.79 Å². The van der Waals surface area contributed by atoms with Gasteiger partial charge >= 0.3 is 6.03 Å². The van der Waals surface area contributed by atoms with Gasteiger partial charge in [-0.05, 0) is 39.2 Å². The zero-order valence-corrected chi connectivity index (χ0v) is 11.7. The third-order valence-corrected chi connectivity index (χ3v) is 4.19. The number of nitrogens with one attached hydrogen (secondary N) is 3. The van der Waals surface area contributed by atoms with Crippen LogP contribution < -0.4 is 16.0 Å². The second-order valence-electron chi connectivity index (χ2n) is 5.42. The Morgan fingerprint density at radius 3 is 2.95 bits per heavy atom. The molecule has 3 atom stereocenters. The minimum absolute atomic E-state index is 0.213. The number of carbonyl (C=O) groups excluding carboxylic acids is 2. The molecule has 0 aromatic carbocycles. The number of rotatable bonds is 3. The third-order valence-electron chi connectivity index (χ3n) is 4.19. The highest BCUT2D eigenvalue weighted by atomic mass is 16.2. The van der Waals surface area contributed by atoms with Gasteiger partial charge in [0.2, 0.25) is 5.91 Å². The predicted octanol–water partition coefficient (Wildman–Crippen LogP) is -0.0956. The number of likely N-dealkylation sites (tertiary alicyclic amines) is 1. The van der Waals surface area contributed by atoms with Crippen LogP contribution in [0.1, 0.15) is 26.7 Å². The van der Waals surface area contributed by atoms with Gasteiger partial charge in [0.15, 0.2) is 0 Å². The number of piperidine rings is 1. The smallest absolute Gasteiger partial charge is 0.321 e. The number of carbonyl (C=O) groups is 2. The van der Waals surface area contributed by atoms with E-state index < -0.39 is 6.03 Å². The van der Waals surface area contributed by atoms with Gasteiger partial charge in [0.1, 0.15) is 0 Å². The summed E-state index contributed by atoms with van der Waals surface area (Å²) in [7, 11) is 0. The summed E-state index contributed by atoms with van der Waals surface area (Å²) >= 11 is 0. The van der Waals surface area contributed by atoms with Gasteiger partial charge in [0.25, 0.3) is 0 Å². The summed E-state index contributed by atoms with van der Waals surface area (Å²) in [5, 5.41) is 8.47. The molecule has 3 N–H and O–H groups in total. The van der Waals surface area contributed by atoms with Crippen molar-refractivity contribution in [1.82, 2.24) is 20.9 Å². The minimum atomic E-state index is -0.406. The number of hydrogen-bond acceptors (Lipinski definition) is 4. The second kappa shape index (κ2) is 6.34. The molecule has 6 heteroatoms. The number of fused-ring (bicyclic) bond motifs is 1. The molecule has 0 spiro atoms. The molecule has 0 aliphatic carbocycles. The van der Waals surface area contributed by atoms with Crippen LogP contribution in [-0.4, -0.2) is 55.1 Å². The van der Waals surface area contributed by atoms with Gasteiger partial charge in [0.05, 0.1) is 6.04 Å². The van der Waals surface area contributed by atoms with Crippen molar-refractivity contribution in [3.05, 3.63) is 0 Å². The Kier molecular flexibility index (Phi) is 4.76. The Bertz CT molecular complexity index is 348. The molecule has 2 aliphatic rings. The molecule has 0 aromatic rings. The number of hydrogen-bond donors (Lipinski definition) is 3. The predicted molar refractivity (Wildman–Crippen MR) is 72.8 cm³/mol. The van der Waals surface area contributed by atoms with Gasteiger partial charge in [-0.2, -0.15) is 0 Å². The molecule has 0 radical (unpaired) electrons. The Hall–Kier alpha value is -1.14. The van der Waals surface area contributed by atoms with Crippen LogP contribution in [0, 0.1) is 5.92 Å². The van der Waals surface area contributed by atoms with E-state index in [-0.39, 0.29) is 11.9 Å². The van der Waals surface area contributed by atoms with Crippen LogP contribution in [0.25, 0.3) is 0 Å². The number of urea groups is 1. The first kappa shape index (κ1) is 14.3. The Balaban J connectivity index is 1.83. The molecule has 2 saturated heterocycles. The highest BCUT2D eigenvalue weighted by Gasteiger charge is 2.35. The SMILES string of the molecule is CCNC(=O)NC(=O)C(C)N1CCC2NCCC2C1. The number of imide groups is 1. The Morgan fingerprint density at radius 2 is 2.21 bits per heavy atom. The summed E-state index contributed by atoms with van der Waals surface area (Å²) in [5.41, 5.74) is 0. The van der Waals surface area contributed by atoms with Crippen LogP contribution in [0.15, 0.2) is 0 Å². The van der Waals surface area contributed by atoms with E-state index in [4.69, 9.17) is 0 Å². The summed E-state index contributed by atoms with van der Waals surface area (Å²) in [4.78, 5) is 25.5. The van der Waals surface area contributed by atoms with E-state index in [1.54, 1.807) is 0 Å². The molecule has 19 heavy (non-hydrogen) atoms. The molecule has 0 saturated carbocycles. The third kappa shape index (κ3) is 3.45. The summed E-state index contributed by atoms with van der Waals surface area (Å²) in [5.74, 6) is 0.434. The van der Waals surface area contributed by atoms with E-state index in [9.17, 15) is 9.59 Å². The van der Waals surface area contributed by atoms with Crippen molar-refractivity contribution in [3.63, 3.8) is 0 Å². The first-order valence-corrected chi connectivity index (χ1v) is 7.18. The Labute approximate surface area is 114 Å². The van der Waals surface area contributed by atoms with Crippen molar-refractivity contribution in [2.45, 2.75) is 38.8 Å². The van der Waals surface area contributed by atoms with Crippen LogP contribution >= 0.6 is 0 Å². The normalized spacial score (nSPS) is 28.5. The molecule has 0 aromatic heterocycles. The quantitative estimate of drug-likeness (QED) is 0.668. The van der Waals surface area contributed by atoms with Gasteiger partial charge in [-0.15, -0.1) is 0 Å². The summed E-state index contributed by atoms with van der Waals surface area (Å²) in [6, 6.07) is -0.0316. The zero-order valence-electron chi connectivity index (χ0n) is 11.7. The molecule has 2 fully saturated rings. The Morgan fingerprint density at radius 1 is 1.42 bits per heavy atom. The summed E-state index contributed by atoms with van der Waals surface area (Å²) in [6.07, 6.45) is 2.27. The highest BCUT2D eigenvalue weighted by molar-refractivity contribution is 5.96. The van der Waals surface area contributed by atoms with Gasteiger partial charge in [-0.1, -0.05) is 0 Å². The fourth-order valence-corrected chi connectivity index (χ4v) is 3.01. The maximum atomic E-state index is 12.0. The molecule has 2 aliphatic heterocycles. The lowest BCUT2D eigenvalue weighted by atomic mass is 9.92. The monoisotopic (exact) mass is 268 g/mol. The second-order valence-corrected chi connectivity index (χ2v) is 5.42. The van der Waals surface area contributed by atoms with Gasteiger partial charge < -0.3 is 10.6 Å². The van der Waals surface area contributed by atoms with Gasteiger partial charge in [-0.3, -0.25) is 15.0 Å². The number of nitrogens with zero attached hydrogens (tertiary/aromatic N) is 1. The van der Waals surface area contributed by atoms with E-state index in [0.717, 1.165) is 26.1 Å². The van der Waals surface area contributed by atoms with Crippen LogP contribution in [0.3, 0.4) is 0 Å². The lowest BCUT2D eigenvalue weighted by Crippen LogP contribution is -2.54. The van der Waals surface area contributed by atoms with E-state index >= 15 is 0 Å². The molecule has 2 heterocycles. The van der Waals surface area contributed by atoms with Gasteiger partial charge in [0, 0.05) is 25.7 Å². The summed E-state index contributed by atoms with van der Waals surface area (Å²) in [6.45, 7) is 7.16. The van der Waals surface area contributed by atoms with Crippen LogP contribution in [0.5, 0.6) is 0 Å². The molecule has 3 amide bonds. The van der Waals surface area contributed by atoms with Crippen LogP contribution in [-0.2, 0) is 4.79 Å². The fraction of sp³-hybridized carbons (Fsp3) is 0.846. The van der Waals surface area contributed by atoms with Crippen molar-refractivity contribution in [3.8, 4) is 0 Å². The fourth-order valence-electron chi connectivity index (χ4n) is 3.01. The minimum Gasteiger partial charge on any atom is -0.338 e. The maximum absolute atomic E-state index is 12.0. The largest absolute Gasteiger partial charge is 0.338 e. The van der Waals surface area contributed by atoms with Crippen molar-refractivity contribution < 1.29 is 9.59 Å². The van der Waals surface area contributed by atoms with E-state index in [2.05, 4.69) is 20.9 Å². The lowest BCUT2D eigenvalue weighted by molar-refractivity contribution is -0.125. The van der Waals surface area contributed by atoms with E-state index in [1.807, 2.05) is 13.8 Å². The van der Waals surface area contributed by atoms with Crippen molar-refractivity contribution in [2.24, 2.45) is 5.92 Å². The zero-order chi connectivity index (χ0) is 13.8. The molecule has 3 unspecified atom stereocenters. The topological polar surface area (TPSA) is 73.5 Å². The lowest BCUT2D eigenvalue weighted by Gasteiger charge is -2.37. The molecule has 0 bridgehead atoms. The van der Waals surface area contributed by atoms with Crippen LogP contribution in [0.4, 0.5) is 4.79 Å². The standard InChI is InChI=1S/C13H24N4O2/c1-3-14-13(19)16-12(18)9(2)17-7-5-11-10(8-17)4-6-15-11/h9-11,15H,3-8H2,1-2H3,(H2,14,16,18,19). The average molecular weight is 268 g/mol. The van der Waals surface area contributed by atoms with Crippen molar-refractivity contribution >= 4 is 11.9 Å². The number of amides is 3. The molecule has 108 valence electrons. The molecule has 2 rings (SSSR count). The van der Waals surface area contributed by atoms with E-state index in [1.165, 1.54) is 6.42 Å². The maximum Gasteiger partial charge on any atom is 0.321 e. The summed E-state index contributed by atoms with van der Waals surface area (Å²) < 4.78 is 0. The van der Waals surface area contributed by atoms with E-state index in [0.29, 0.717) is 18.5 Å². The van der Waals surface area contributed by atoms with Crippen molar-refractivity contribution in [1.29, 1.82) is 0 Å². The first-order chi connectivity index (χ1) is 9.11. The van der Waals surface area contributed by atoms with Crippen molar-refractivity contribution in [2.75, 3.05) is 26.2 Å². The molecule has 6 nitrogen and oxygen atoms in total. The molecular weight excluding hydrogens is 244 g/mol. The average Bonchev–Trinajstić information content (AvgIpc) is 2.85. The molecular formula is C13H24N4O2. The first-order valence-electron chi connectivity index (χ1n) is 7.18. The van der Waals surface area contributed by atoms with Crippen LogP contribution in [0.2, 0.25) is 0 Å².